The molecule has 6 nitrogen and oxygen atoms in total. The molecule has 0 heterocycles. The van der Waals surface area contributed by atoms with Crippen LogP contribution in [0.25, 0.3) is 0 Å². The molecule has 0 bridgehead atoms. The Balaban J connectivity index is 2.82. The molecule has 0 atom stereocenters. The molecule has 19 heavy (non-hydrogen) atoms. The van der Waals surface area contributed by atoms with Gasteiger partial charge in [-0.25, -0.2) is 0 Å². The quantitative estimate of drug-likeness (QED) is 0.718. The second kappa shape index (κ2) is 5.33. The number of hydrogen-bond acceptors (Lipinski definition) is 4. The van der Waals surface area contributed by atoms with Gasteiger partial charge in [0.2, 0.25) is 0 Å². The van der Waals surface area contributed by atoms with Crippen LogP contribution in [0.3, 0.4) is 0 Å². The van der Waals surface area contributed by atoms with Crippen molar-refractivity contribution in [2.24, 2.45) is 0 Å². The van der Waals surface area contributed by atoms with Crippen molar-refractivity contribution >= 4 is 21.6 Å². The van der Waals surface area contributed by atoms with Crippen molar-refractivity contribution in [3.8, 4) is 6.07 Å². The van der Waals surface area contributed by atoms with Crippen LogP contribution in [0, 0.1) is 11.3 Å². The maximum atomic E-state index is 11.9. The number of nitriles is 1. The molecule has 0 spiro atoms. The molecule has 0 saturated heterocycles. The highest BCUT2D eigenvalue weighted by Crippen LogP contribution is 2.20. The first kappa shape index (κ1) is 15.1. The number of nitrogens with one attached hydrogen (secondary N) is 2. The van der Waals surface area contributed by atoms with Gasteiger partial charge in [0.05, 0.1) is 23.0 Å². The van der Waals surface area contributed by atoms with E-state index in [2.05, 4.69) is 0 Å². The smallest absolute Gasteiger partial charge is 0.397 e. The highest BCUT2D eigenvalue weighted by Gasteiger charge is 2.29. The van der Waals surface area contributed by atoms with Crippen molar-refractivity contribution in [3.63, 3.8) is 0 Å². The first-order valence-corrected chi connectivity index (χ1v) is 6.25. The Labute approximate surface area is 107 Å². The summed E-state index contributed by atoms with van der Waals surface area (Å²) in [5, 5.41) is 8.58. The van der Waals surface area contributed by atoms with Crippen LogP contribution in [0.1, 0.15) is 5.56 Å². The average molecular weight is 294 g/mol. The molecule has 1 aromatic carbocycles. The highest BCUT2D eigenvalue weighted by molar-refractivity contribution is 7.90. The van der Waals surface area contributed by atoms with Crippen LogP contribution in [-0.4, -0.2) is 21.1 Å². The normalized spacial score (nSPS) is 11.9. The van der Waals surface area contributed by atoms with Gasteiger partial charge < -0.3 is 5.73 Å². The Morgan fingerprint density at radius 1 is 1.37 bits per heavy atom. The van der Waals surface area contributed by atoms with Crippen LogP contribution in [0.15, 0.2) is 18.2 Å². The summed E-state index contributed by atoms with van der Waals surface area (Å²) in [6, 6.07) is 5.43. The van der Waals surface area contributed by atoms with Crippen molar-refractivity contribution in [3.05, 3.63) is 23.8 Å². The number of halogens is 3. The predicted octanol–water partition coefficient (Wildman–Crippen LogP) is 0.949. The van der Waals surface area contributed by atoms with Crippen molar-refractivity contribution in [2.45, 2.75) is 6.18 Å². The zero-order chi connectivity index (χ0) is 14.7. The van der Waals surface area contributed by atoms with Crippen LogP contribution >= 0.6 is 0 Å². The minimum atomic E-state index is -4.66. The van der Waals surface area contributed by atoms with E-state index in [1.54, 1.807) is 6.07 Å². The molecule has 0 aromatic heterocycles. The van der Waals surface area contributed by atoms with Crippen LogP contribution in [0.5, 0.6) is 0 Å². The number of anilines is 2. The standard InChI is InChI=1S/C9H9F3N4O2S/c10-9(11,12)5-15-19(17,18)16-8-2-1-6(4-13)3-7(8)14/h1-3,15-16H,5,14H2. The number of nitrogens with zero attached hydrogens (tertiary/aromatic N) is 1. The maximum absolute atomic E-state index is 11.9. The lowest BCUT2D eigenvalue weighted by molar-refractivity contribution is -0.121. The van der Waals surface area contributed by atoms with Gasteiger partial charge in [0, 0.05) is 0 Å². The van der Waals surface area contributed by atoms with Gasteiger partial charge in [-0.1, -0.05) is 0 Å². The Morgan fingerprint density at radius 3 is 2.47 bits per heavy atom. The van der Waals surface area contributed by atoms with Gasteiger partial charge in [-0.15, -0.1) is 0 Å². The van der Waals surface area contributed by atoms with E-state index in [0.29, 0.717) is 0 Å². The van der Waals surface area contributed by atoms with Crippen LogP contribution in [0.2, 0.25) is 0 Å². The topological polar surface area (TPSA) is 108 Å². The van der Waals surface area contributed by atoms with Gasteiger partial charge in [0.25, 0.3) is 10.2 Å². The number of benzene rings is 1. The fourth-order valence-electron chi connectivity index (χ4n) is 1.08. The monoisotopic (exact) mass is 294 g/mol. The highest BCUT2D eigenvalue weighted by atomic mass is 32.2. The molecule has 0 amide bonds. The summed E-state index contributed by atoms with van der Waals surface area (Å²) in [5.41, 5.74) is 5.47. The molecule has 1 rings (SSSR count). The average Bonchev–Trinajstić information content (AvgIpc) is 2.28. The molecule has 0 radical (unpaired) electrons. The maximum Gasteiger partial charge on any atom is 0.402 e. The van der Waals surface area contributed by atoms with Crippen molar-refractivity contribution in [1.29, 1.82) is 5.26 Å². The fraction of sp³-hybridized carbons (Fsp3) is 0.222. The summed E-state index contributed by atoms with van der Waals surface area (Å²) >= 11 is 0. The SMILES string of the molecule is N#Cc1ccc(NS(=O)(=O)NCC(F)(F)F)c(N)c1. The second-order valence-electron chi connectivity index (χ2n) is 3.46. The second-order valence-corrected chi connectivity index (χ2v) is 4.96. The largest absolute Gasteiger partial charge is 0.402 e. The molecule has 10 heteroatoms. The molecule has 0 aliphatic carbocycles. The summed E-state index contributed by atoms with van der Waals surface area (Å²) in [4.78, 5) is 0. The van der Waals surface area contributed by atoms with E-state index in [1.165, 1.54) is 22.9 Å². The van der Waals surface area contributed by atoms with E-state index in [0.717, 1.165) is 0 Å². The first-order chi connectivity index (χ1) is 8.63. The third kappa shape index (κ3) is 5.02. The summed E-state index contributed by atoms with van der Waals surface area (Å²) in [6.07, 6.45) is -4.66. The first-order valence-electron chi connectivity index (χ1n) is 4.77. The number of rotatable bonds is 4. The van der Waals surface area contributed by atoms with Crippen molar-refractivity contribution in [1.82, 2.24) is 4.72 Å². The van der Waals surface area contributed by atoms with E-state index >= 15 is 0 Å². The Hall–Kier alpha value is -1.99. The number of alkyl halides is 3. The zero-order valence-electron chi connectivity index (χ0n) is 9.32. The molecule has 0 aliphatic heterocycles. The Morgan fingerprint density at radius 2 is 2.00 bits per heavy atom. The summed E-state index contributed by atoms with van der Waals surface area (Å²) in [5.74, 6) is 0. The molecular formula is C9H9F3N4O2S. The zero-order valence-corrected chi connectivity index (χ0v) is 10.1. The van der Waals surface area contributed by atoms with Crippen LogP contribution in [-0.2, 0) is 10.2 Å². The van der Waals surface area contributed by atoms with E-state index in [4.69, 9.17) is 11.0 Å². The van der Waals surface area contributed by atoms with Crippen molar-refractivity contribution in [2.75, 3.05) is 17.0 Å². The molecular weight excluding hydrogens is 285 g/mol. The van der Waals surface area contributed by atoms with Crippen molar-refractivity contribution < 1.29 is 21.6 Å². The van der Waals surface area contributed by atoms with Gasteiger partial charge in [-0.3, -0.25) is 4.72 Å². The van der Waals surface area contributed by atoms with E-state index in [9.17, 15) is 21.6 Å². The Kier molecular flexibility index (Phi) is 4.23. The summed E-state index contributed by atoms with van der Waals surface area (Å²) in [7, 11) is -4.39. The van der Waals surface area contributed by atoms with Gasteiger partial charge >= 0.3 is 6.18 Å². The minimum absolute atomic E-state index is 0.0727. The number of nitrogen functional groups attached to an aromatic ring is 1. The predicted molar refractivity (Wildman–Crippen MR) is 62.2 cm³/mol. The Bertz CT molecular complexity index is 607. The fourth-order valence-corrected chi connectivity index (χ4v) is 1.98. The summed E-state index contributed by atoms with van der Waals surface area (Å²) in [6.45, 7) is -1.70. The third-order valence-electron chi connectivity index (χ3n) is 1.89. The number of nitrogens with two attached hydrogens (primary N) is 1. The van der Waals surface area contributed by atoms with Gasteiger partial charge in [0.1, 0.15) is 6.54 Å². The summed E-state index contributed by atoms with van der Waals surface area (Å²) < 4.78 is 61.4. The van der Waals surface area contributed by atoms with Crippen LogP contribution < -0.4 is 15.2 Å². The third-order valence-corrected chi connectivity index (χ3v) is 2.90. The molecule has 1 aromatic rings. The van der Waals surface area contributed by atoms with E-state index in [1.807, 2.05) is 4.72 Å². The van der Waals surface area contributed by atoms with E-state index in [-0.39, 0.29) is 16.9 Å². The lowest BCUT2D eigenvalue weighted by Crippen LogP contribution is -2.37. The van der Waals surface area contributed by atoms with Crippen LogP contribution in [0.4, 0.5) is 24.5 Å². The lowest BCUT2D eigenvalue weighted by Gasteiger charge is -2.12. The lowest BCUT2D eigenvalue weighted by atomic mass is 10.2. The molecule has 0 saturated carbocycles. The van der Waals surface area contributed by atoms with Gasteiger partial charge in [0.15, 0.2) is 0 Å². The molecule has 0 aliphatic rings. The van der Waals surface area contributed by atoms with E-state index < -0.39 is 22.9 Å². The molecule has 4 N–H and O–H groups in total. The van der Waals surface area contributed by atoms with Gasteiger partial charge in [-0.2, -0.15) is 31.6 Å². The van der Waals surface area contributed by atoms with Gasteiger partial charge in [-0.05, 0) is 18.2 Å². The number of hydrogen-bond donors (Lipinski definition) is 3. The molecule has 0 fully saturated rings. The minimum Gasteiger partial charge on any atom is -0.397 e. The molecule has 104 valence electrons. The molecule has 0 unspecified atom stereocenters.